The van der Waals surface area contributed by atoms with Crippen molar-refractivity contribution >= 4 is 5.82 Å². The summed E-state index contributed by atoms with van der Waals surface area (Å²) in [6, 6.07) is 2.47. The minimum absolute atomic E-state index is 0.0199. The molecule has 104 valence electrons. The number of fused-ring (bicyclic) bond motifs is 1. The molecule has 2 aliphatic heterocycles. The maximum Gasteiger partial charge on any atom is 0.161 e. The first-order valence-electron chi connectivity index (χ1n) is 7.25. The van der Waals surface area contributed by atoms with Crippen LogP contribution in [0.2, 0.25) is 0 Å². The quantitative estimate of drug-likeness (QED) is 0.895. The topological polar surface area (TPSA) is 64.3 Å². The van der Waals surface area contributed by atoms with Crippen LogP contribution in [0.4, 0.5) is 5.82 Å². The van der Waals surface area contributed by atoms with Crippen molar-refractivity contribution in [1.82, 2.24) is 14.9 Å². The maximum atomic E-state index is 5.94. The Morgan fingerprint density at radius 3 is 3.21 bits per heavy atom. The predicted octanol–water partition coefficient (Wildman–Crippen LogP) is 1.55. The van der Waals surface area contributed by atoms with Gasteiger partial charge in [0.25, 0.3) is 0 Å². The summed E-state index contributed by atoms with van der Waals surface area (Å²) in [5.41, 5.74) is 6.91. The van der Waals surface area contributed by atoms with Crippen LogP contribution in [-0.4, -0.2) is 40.6 Å². The molecule has 0 aliphatic carbocycles. The van der Waals surface area contributed by atoms with Crippen molar-refractivity contribution in [2.45, 2.75) is 44.8 Å². The van der Waals surface area contributed by atoms with E-state index in [9.17, 15) is 0 Å². The molecule has 2 atom stereocenters. The van der Waals surface area contributed by atoms with Gasteiger partial charge in [0.15, 0.2) is 5.82 Å². The number of nitrogen functional groups attached to an aromatic ring is 1. The standard InChI is InChI=1S/C14H22N4O/c1-2-4-10-7-13(15)17-14(16-10)12-8-18-6-3-5-11(18)9-19-12/h7,11-12H,2-6,8-9H2,1H3,(H2,15,16,17). The van der Waals surface area contributed by atoms with Crippen LogP contribution in [-0.2, 0) is 11.2 Å². The van der Waals surface area contributed by atoms with Crippen LogP contribution in [0.5, 0.6) is 0 Å². The van der Waals surface area contributed by atoms with Gasteiger partial charge in [0.2, 0.25) is 0 Å². The molecule has 0 radical (unpaired) electrons. The molecular formula is C14H22N4O. The lowest BCUT2D eigenvalue weighted by Crippen LogP contribution is -2.42. The van der Waals surface area contributed by atoms with Gasteiger partial charge in [0, 0.05) is 24.3 Å². The number of aryl methyl sites for hydroxylation is 1. The zero-order valence-corrected chi connectivity index (χ0v) is 11.5. The summed E-state index contributed by atoms with van der Waals surface area (Å²) in [5.74, 6) is 1.31. The van der Waals surface area contributed by atoms with Crippen LogP contribution in [0.25, 0.3) is 0 Å². The van der Waals surface area contributed by atoms with Gasteiger partial charge in [-0.15, -0.1) is 0 Å². The highest BCUT2D eigenvalue weighted by molar-refractivity contribution is 5.30. The van der Waals surface area contributed by atoms with Crippen molar-refractivity contribution in [3.63, 3.8) is 0 Å². The zero-order valence-electron chi connectivity index (χ0n) is 11.5. The summed E-state index contributed by atoms with van der Waals surface area (Å²) in [6.07, 6.45) is 4.52. The monoisotopic (exact) mass is 262 g/mol. The fourth-order valence-corrected chi connectivity index (χ4v) is 3.04. The maximum absolute atomic E-state index is 5.94. The van der Waals surface area contributed by atoms with Gasteiger partial charge in [-0.1, -0.05) is 13.3 Å². The van der Waals surface area contributed by atoms with Crippen molar-refractivity contribution in [1.29, 1.82) is 0 Å². The molecule has 19 heavy (non-hydrogen) atoms. The third kappa shape index (κ3) is 2.72. The molecule has 1 aromatic heterocycles. The van der Waals surface area contributed by atoms with Crippen molar-refractivity contribution in [3.05, 3.63) is 17.6 Å². The van der Waals surface area contributed by atoms with Gasteiger partial charge in [-0.3, -0.25) is 4.90 Å². The van der Waals surface area contributed by atoms with Crippen molar-refractivity contribution in [3.8, 4) is 0 Å². The molecule has 0 aromatic carbocycles. The number of ether oxygens (including phenoxy) is 1. The molecule has 0 bridgehead atoms. The van der Waals surface area contributed by atoms with E-state index in [1.807, 2.05) is 6.07 Å². The first-order valence-corrected chi connectivity index (χ1v) is 7.25. The Labute approximate surface area is 114 Å². The number of aromatic nitrogens is 2. The normalized spacial score (nSPS) is 27.4. The SMILES string of the molecule is CCCc1cc(N)nc(C2CN3CCCC3CO2)n1. The van der Waals surface area contributed by atoms with E-state index in [0.29, 0.717) is 11.9 Å². The lowest BCUT2D eigenvalue weighted by Gasteiger charge is -2.34. The smallest absolute Gasteiger partial charge is 0.161 e. The van der Waals surface area contributed by atoms with Crippen LogP contribution in [0, 0.1) is 0 Å². The van der Waals surface area contributed by atoms with E-state index < -0.39 is 0 Å². The number of hydrogen-bond acceptors (Lipinski definition) is 5. The first kappa shape index (κ1) is 12.8. The van der Waals surface area contributed by atoms with Gasteiger partial charge < -0.3 is 10.5 Å². The average Bonchev–Trinajstić information content (AvgIpc) is 2.85. The second-order valence-corrected chi connectivity index (χ2v) is 5.51. The second kappa shape index (κ2) is 5.43. The molecule has 2 unspecified atom stereocenters. The van der Waals surface area contributed by atoms with Crippen LogP contribution in [0.1, 0.15) is 43.8 Å². The van der Waals surface area contributed by atoms with Gasteiger partial charge in [0.1, 0.15) is 11.9 Å². The van der Waals surface area contributed by atoms with Crippen LogP contribution < -0.4 is 5.73 Å². The number of morpholine rings is 1. The Hall–Kier alpha value is -1.20. The summed E-state index contributed by atoms with van der Waals surface area (Å²) in [7, 11) is 0. The van der Waals surface area contributed by atoms with Crippen molar-refractivity contribution < 1.29 is 4.74 Å². The van der Waals surface area contributed by atoms with Gasteiger partial charge >= 0.3 is 0 Å². The Morgan fingerprint density at radius 1 is 1.47 bits per heavy atom. The highest BCUT2D eigenvalue weighted by Gasteiger charge is 2.34. The third-order valence-electron chi connectivity index (χ3n) is 4.00. The minimum Gasteiger partial charge on any atom is -0.384 e. The van der Waals surface area contributed by atoms with Crippen LogP contribution in [0.3, 0.4) is 0 Å². The fourth-order valence-electron chi connectivity index (χ4n) is 3.04. The highest BCUT2D eigenvalue weighted by atomic mass is 16.5. The molecule has 5 heteroatoms. The van der Waals surface area contributed by atoms with E-state index >= 15 is 0 Å². The van der Waals surface area contributed by atoms with E-state index in [1.165, 1.54) is 19.4 Å². The summed E-state index contributed by atoms with van der Waals surface area (Å²) >= 11 is 0. The molecule has 0 spiro atoms. The summed E-state index contributed by atoms with van der Waals surface area (Å²) in [4.78, 5) is 11.5. The first-order chi connectivity index (χ1) is 9.26. The van der Waals surface area contributed by atoms with E-state index in [4.69, 9.17) is 10.5 Å². The molecule has 3 heterocycles. The molecular weight excluding hydrogens is 240 g/mol. The van der Waals surface area contributed by atoms with E-state index in [1.54, 1.807) is 0 Å². The van der Waals surface area contributed by atoms with Crippen molar-refractivity contribution in [2.75, 3.05) is 25.4 Å². The molecule has 2 fully saturated rings. The van der Waals surface area contributed by atoms with Gasteiger partial charge in [-0.2, -0.15) is 0 Å². The van der Waals surface area contributed by atoms with E-state index in [0.717, 1.165) is 37.5 Å². The lowest BCUT2D eigenvalue weighted by atomic mass is 10.1. The summed E-state index contributed by atoms with van der Waals surface area (Å²) in [5, 5.41) is 0. The predicted molar refractivity (Wildman–Crippen MR) is 73.7 cm³/mol. The van der Waals surface area contributed by atoms with E-state index in [2.05, 4.69) is 21.8 Å². The third-order valence-corrected chi connectivity index (χ3v) is 4.00. The Bertz CT molecular complexity index is 451. The lowest BCUT2D eigenvalue weighted by molar-refractivity contribution is -0.0541. The molecule has 2 aliphatic rings. The zero-order chi connectivity index (χ0) is 13.2. The van der Waals surface area contributed by atoms with Gasteiger partial charge in [-0.05, 0) is 25.8 Å². The number of hydrogen-bond donors (Lipinski definition) is 1. The van der Waals surface area contributed by atoms with Gasteiger partial charge in [-0.25, -0.2) is 9.97 Å². The number of nitrogens with zero attached hydrogens (tertiary/aromatic N) is 3. The summed E-state index contributed by atoms with van der Waals surface area (Å²) < 4.78 is 5.94. The van der Waals surface area contributed by atoms with Crippen molar-refractivity contribution in [2.24, 2.45) is 0 Å². The Morgan fingerprint density at radius 2 is 2.37 bits per heavy atom. The molecule has 1 aromatic rings. The van der Waals surface area contributed by atoms with Gasteiger partial charge in [0.05, 0.1) is 6.61 Å². The number of anilines is 1. The number of nitrogens with two attached hydrogens (primary N) is 1. The molecule has 2 N–H and O–H groups in total. The molecule has 5 nitrogen and oxygen atoms in total. The minimum atomic E-state index is -0.0199. The Balaban J connectivity index is 1.77. The molecule has 3 rings (SSSR count). The largest absolute Gasteiger partial charge is 0.384 e. The molecule has 0 saturated carbocycles. The second-order valence-electron chi connectivity index (χ2n) is 5.51. The molecule has 2 saturated heterocycles. The summed E-state index contributed by atoms with van der Waals surface area (Å²) in [6.45, 7) is 5.02. The average molecular weight is 262 g/mol. The fraction of sp³-hybridized carbons (Fsp3) is 0.714. The number of rotatable bonds is 3. The van der Waals surface area contributed by atoms with E-state index in [-0.39, 0.29) is 6.10 Å². The Kier molecular flexibility index (Phi) is 3.66. The van der Waals surface area contributed by atoms with Crippen LogP contribution in [0.15, 0.2) is 6.07 Å². The molecule has 0 amide bonds. The highest BCUT2D eigenvalue weighted by Crippen LogP contribution is 2.29. The van der Waals surface area contributed by atoms with Crippen LogP contribution >= 0.6 is 0 Å².